The van der Waals surface area contributed by atoms with Crippen LogP contribution in [0.5, 0.6) is 0 Å². The lowest BCUT2D eigenvalue weighted by molar-refractivity contribution is 0.0406. The fourth-order valence-electron chi connectivity index (χ4n) is 1.10. The highest BCUT2D eigenvalue weighted by atomic mass is 35.5. The van der Waals surface area contributed by atoms with Crippen molar-refractivity contribution in [3.63, 3.8) is 0 Å². The number of hydrogen-bond donors (Lipinski definition) is 2. The fourth-order valence-corrected chi connectivity index (χ4v) is 1.36. The Balaban J connectivity index is 2.73. The number of nitrogen functional groups attached to an aromatic ring is 1. The maximum Gasteiger partial charge on any atom is 0.341 e. The van der Waals surface area contributed by atoms with E-state index in [0.29, 0.717) is 0 Å². The van der Waals surface area contributed by atoms with Gasteiger partial charge in [0.15, 0.2) is 0 Å². The summed E-state index contributed by atoms with van der Waals surface area (Å²) in [4.78, 5) is 11.6. The molecule has 0 aromatic heterocycles. The molecule has 1 aromatic carbocycles. The summed E-state index contributed by atoms with van der Waals surface area (Å²) in [6, 6.07) is 4.81. The molecule has 0 aliphatic rings. The molecule has 3 N–H and O–H groups in total. The van der Waals surface area contributed by atoms with Crippen molar-refractivity contribution < 1.29 is 14.6 Å². The number of ether oxygens (including phenoxy) is 1. The van der Waals surface area contributed by atoms with E-state index in [1.54, 1.807) is 25.1 Å². The standard InChI is InChI=1S/C11H14ClNO3/c1-7(5-14)6-16-11(15)10-8(12)3-2-4-9(10)13/h2-4,7,14H,5-6,13H2,1H3. The first kappa shape index (κ1) is 12.8. The molecular formula is C11H14ClNO3. The summed E-state index contributed by atoms with van der Waals surface area (Å²) in [6.45, 7) is 1.87. The quantitative estimate of drug-likeness (QED) is 0.624. The van der Waals surface area contributed by atoms with Crippen LogP contribution in [0, 0.1) is 5.92 Å². The number of carbonyl (C=O) groups excluding carboxylic acids is 1. The fraction of sp³-hybridized carbons (Fsp3) is 0.364. The van der Waals surface area contributed by atoms with Crippen LogP contribution in [-0.4, -0.2) is 24.3 Å². The van der Waals surface area contributed by atoms with E-state index in [1.807, 2.05) is 0 Å². The zero-order valence-electron chi connectivity index (χ0n) is 8.94. The van der Waals surface area contributed by atoms with E-state index in [1.165, 1.54) is 0 Å². The third kappa shape index (κ3) is 3.12. The van der Waals surface area contributed by atoms with Crippen LogP contribution in [0.15, 0.2) is 18.2 Å². The van der Waals surface area contributed by atoms with E-state index < -0.39 is 5.97 Å². The zero-order chi connectivity index (χ0) is 12.1. The molecule has 0 spiro atoms. The van der Waals surface area contributed by atoms with Gasteiger partial charge >= 0.3 is 5.97 Å². The van der Waals surface area contributed by atoms with Crippen molar-refractivity contribution in [2.24, 2.45) is 5.92 Å². The van der Waals surface area contributed by atoms with Gasteiger partial charge < -0.3 is 15.6 Å². The Labute approximate surface area is 99.0 Å². The number of benzene rings is 1. The molecule has 0 amide bonds. The van der Waals surface area contributed by atoms with Crippen LogP contribution in [0.3, 0.4) is 0 Å². The maximum absolute atomic E-state index is 11.6. The number of nitrogens with two attached hydrogens (primary N) is 1. The van der Waals surface area contributed by atoms with E-state index in [-0.39, 0.29) is 35.4 Å². The van der Waals surface area contributed by atoms with Gasteiger partial charge in [0.1, 0.15) is 5.56 Å². The van der Waals surface area contributed by atoms with E-state index in [9.17, 15) is 4.79 Å². The highest BCUT2D eigenvalue weighted by molar-refractivity contribution is 6.34. The second kappa shape index (κ2) is 5.72. The zero-order valence-corrected chi connectivity index (χ0v) is 9.70. The van der Waals surface area contributed by atoms with Crippen LogP contribution in [0.2, 0.25) is 5.02 Å². The van der Waals surface area contributed by atoms with E-state index in [4.69, 9.17) is 27.2 Å². The average Bonchev–Trinajstić information content (AvgIpc) is 2.25. The molecule has 4 nitrogen and oxygen atoms in total. The number of esters is 1. The first-order chi connectivity index (χ1) is 7.56. The second-order valence-corrected chi connectivity index (χ2v) is 4.00. The molecule has 1 atom stereocenters. The van der Waals surface area contributed by atoms with Gasteiger partial charge in [-0.25, -0.2) is 4.79 Å². The first-order valence-corrected chi connectivity index (χ1v) is 5.26. The molecule has 0 saturated carbocycles. The summed E-state index contributed by atoms with van der Waals surface area (Å²) in [5.74, 6) is -0.670. The number of hydrogen-bond acceptors (Lipinski definition) is 4. The van der Waals surface area contributed by atoms with Crippen molar-refractivity contribution in [2.75, 3.05) is 18.9 Å². The third-order valence-electron chi connectivity index (χ3n) is 2.06. The van der Waals surface area contributed by atoms with Gasteiger partial charge in [-0.1, -0.05) is 24.6 Å². The van der Waals surface area contributed by atoms with E-state index >= 15 is 0 Å². The van der Waals surface area contributed by atoms with Gasteiger partial charge in [0.25, 0.3) is 0 Å². The van der Waals surface area contributed by atoms with Crippen LogP contribution in [-0.2, 0) is 4.74 Å². The molecule has 0 heterocycles. The van der Waals surface area contributed by atoms with Crippen LogP contribution in [0.1, 0.15) is 17.3 Å². The maximum atomic E-state index is 11.6. The number of aliphatic hydroxyl groups excluding tert-OH is 1. The van der Waals surface area contributed by atoms with Gasteiger partial charge in [0, 0.05) is 18.2 Å². The van der Waals surface area contributed by atoms with Crippen molar-refractivity contribution in [2.45, 2.75) is 6.92 Å². The summed E-state index contributed by atoms with van der Waals surface area (Å²) in [5.41, 5.74) is 6.09. The Morgan fingerprint density at radius 1 is 1.62 bits per heavy atom. The molecule has 1 aromatic rings. The number of rotatable bonds is 4. The molecule has 1 unspecified atom stereocenters. The summed E-state index contributed by atoms with van der Waals surface area (Å²) in [6.07, 6.45) is 0. The number of carbonyl (C=O) groups is 1. The molecule has 0 aliphatic heterocycles. The van der Waals surface area contributed by atoms with Crippen LogP contribution in [0.25, 0.3) is 0 Å². The molecule has 0 saturated heterocycles. The Morgan fingerprint density at radius 2 is 2.31 bits per heavy atom. The lowest BCUT2D eigenvalue weighted by Crippen LogP contribution is -2.16. The van der Waals surface area contributed by atoms with Crippen LogP contribution < -0.4 is 5.73 Å². The van der Waals surface area contributed by atoms with Gasteiger partial charge in [-0.2, -0.15) is 0 Å². The summed E-state index contributed by atoms with van der Waals surface area (Å²) in [7, 11) is 0. The van der Waals surface area contributed by atoms with Gasteiger partial charge in [0.2, 0.25) is 0 Å². The summed E-state index contributed by atoms with van der Waals surface area (Å²) >= 11 is 5.84. The summed E-state index contributed by atoms with van der Waals surface area (Å²) in [5, 5.41) is 9.05. The molecule has 1 rings (SSSR count). The molecule has 88 valence electrons. The lowest BCUT2D eigenvalue weighted by Gasteiger charge is -2.11. The summed E-state index contributed by atoms with van der Waals surface area (Å²) < 4.78 is 4.98. The largest absolute Gasteiger partial charge is 0.462 e. The third-order valence-corrected chi connectivity index (χ3v) is 2.38. The predicted molar refractivity (Wildman–Crippen MR) is 62.4 cm³/mol. The molecule has 0 bridgehead atoms. The number of halogens is 1. The Morgan fingerprint density at radius 3 is 2.88 bits per heavy atom. The normalized spacial score (nSPS) is 12.2. The molecule has 5 heteroatoms. The minimum absolute atomic E-state index is 0.0364. The smallest absolute Gasteiger partial charge is 0.341 e. The average molecular weight is 244 g/mol. The van der Waals surface area contributed by atoms with Crippen LogP contribution >= 0.6 is 11.6 Å². The SMILES string of the molecule is CC(CO)COC(=O)c1c(N)cccc1Cl. The van der Waals surface area contributed by atoms with Crippen molar-refractivity contribution in [3.8, 4) is 0 Å². The molecule has 0 fully saturated rings. The van der Waals surface area contributed by atoms with E-state index in [2.05, 4.69) is 0 Å². The Hall–Kier alpha value is -1.26. The predicted octanol–water partition coefficient (Wildman–Crippen LogP) is 1.71. The van der Waals surface area contributed by atoms with Crippen molar-refractivity contribution in [3.05, 3.63) is 28.8 Å². The van der Waals surface area contributed by atoms with Crippen LogP contribution in [0.4, 0.5) is 5.69 Å². The van der Waals surface area contributed by atoms with Gasteiger partial charge in [0.05, 0.1) is 11.6 Å². The van der Waals surface area contributed by atoms with E-state index in [0.717, 1.165) is 0 Å². The van der Waals surface area contributed by atoms with Crippen molar-refractivity contribution in [1.82, 2.24) is 0 Å². The highest BCUT2D eigenvalue weighted by Crippen LogP contribution is 2.22. The lowest BCUT2D eigenvalue weighted by atomic mass is 10.2. The Bertz CT molecular complexity index is 361. The topological polar surface area (TPSA) is 72.5 Å². The monoisotopic (exact) mass is 243 g/mol. The minimum atomic E-state index is -0.566. The van der Waals surface area contributed by atoms with Crippen molar-refractivity contribution >= 4 is 23.3 Å². The number of anilines is 1. The second-order valence-electron chi connectivity index (χ2n) is 3.59. The molecule has 0 aliphatic carbocycles. The Kier molecular flexibility index (Phi) is 4.58. The molecule has 0 radical (unpaired) electrons. The molecular weight excluding hydrogens is 230 g/mol. The van der Waals surface area contributed by atoms with Gasteiger partial charge in [-0.05, 0) is 12.1 Å². The molecule has 16 heavy (non-hydrogen) atoms. The van der Waals surface area contributed by atoms with Gasteiger partial charge in [-0.3, -0.25) is 0 Å². The van der Waals surface area contributed by atoms with Crippen molar-refractivity contribution in [1.29, 1.82) is 0 Å². The highest BCUT2D eigenvalue weighted by Gasteiger charge is 2.16. The minimum Gasteiger partial charge on any atom is -0.462 e. The first-order valence-electron chi connectivity index (χ1n) is 4.88. The number of aliphatic hydroxyl groups is 1. The van der Waals surface area contributed by atoms with Gasteiger partial charge in [-0.15, -0.1) is 0 Å².